The van der Waals surface area contributed by atoms with Crippen LogP contribution in [-0.4, -0.2) is 32.7 Å². The molecule has 0 saturated carbocycles. The molecule has 0 aliphatic rings. The number of halogens is 2. The molecule has 24 heavy (non-hydrogen) atoms. The average Bonchev–Trinajstić information content (AvgIpc) is 2.59. The summed E-state index contributed by atoms with van der Waals surface area (Å²) in [6, 6.07) is 12.1. The van der Waals surface area contributed by atoms with Crippen LogP contribution in [0.1, 0.15) is 17.3 Å². The van der Waals surface area contributed by atoms with Crippen LogP contribution in [0.4, 0.5) is 4.39 Å². The van der Waals surface area contributed by atoms with E-state index < -0.39 is 11.7 Å². The van der Waals surface area contributed by atoms with Crippen LogP contribution in [0, 0.1) is 5.82 Å². The molecule has 0 spiro atoms. The van der Waals surface area contributed by atoms with Crippen molar-refractivity contribution in [3.63, 3.8) is 0 Å². The summed E-state index contributed by atoms with van der Waals surface area (Å²) in [5.41, 5.74) is 1.62. The van der Waals surface area contributed by atoms with E-state index in [1.807, 2.05) is 31.2 Å². The maximum atomic E-state index is 14.2. The summed E-state index contributed by atoms with van der Waals surface area (Å²) in [5.74, 6) is -0.206. The second-order valence-corrected chi connectivity index (χ2v) is 5.32. The minimum atomic E-state index is -0.534. The number of ether oxygens (including phenoxy) is 1. The quantitative estimate of drug-likeness (QED) is 0.839. The van der Waals surface area contributed by atoms with Gasteiger partial charge in [0.1, 0.15) is 11.6 Å². The molecule has 0 fully saturated rings. The van der Waals surface area contributed by atoms with Gasteiger partial charge in [-0.25, -0.2) is 4.39 Å². The van der Waals surface area contributed by atoms with Crippen LogP contribution in [0.3, 0.4) is 0 Å². The van der Waals surface area contributed by atoms with Gasteiger partial charge in [0.05, 0.1) is 12.7 Å². The first-order chi connectivity index (χ1) is 11.0. The Hall–Kier alpha value is -2.11. The Labute approximate surface area is 147 Å². The number of hydrogen-bond donors (Lipinski definition) is 2. The maximum Gasteiger partial charge on any atom is 0.254 e. The highest BCUT2D eigenvalue weighted by atomic mass is 35.5. The first kappa shape index (κ1) is 19.9. The first-order valence-corrected chi connectivity index (χ1v) is 7.44. The van der Waals surface area contributed by atoms with Crippen LogP contribution < -0.4 is 15.4 Å². The first-order valence-electron chi connectivity index (χ1n) is 7.44. The summed E-state index contributed by atoms with van der Waals surface area (Å²) in [6.45, 7) is 2.37. The van der Waals surface area contributed by atoms with Crippen molar-refractivity contribution in [1.29, 1.82) is 0 Å². The average molecular weight is 353 g/mol. The third-order valence-corrected chi connectivity index (χ3v) is 3.70. The highest BCUT2D eigenvalue weighted by Gasteiger charge is 2.13. The smallest absolute Gasteiger partial charge is 0.254 e. The van der Waals surface area contributed by atoms with Crippen molar-refractivity contribution in [3.8, 4) is 16.9 Å². The zero-order valence-corrected chi connectivity index (χ0v) is 14.7. The zero-order valence-electron chi connectivity index (χ0n) is 13.9. The van der Waals surface area contributed by atoms with E-state index >= 15 is 0 Å². The molecule has 2 rings (SSSR count). The van der Waals surface area contributed by atoms with Crippen molar-refractivity contribution in [2.45, 2.75) is 13.0 Å². The van der Waals surface area contributed by atoms with E-state index in [2.05, 4.69) is 10.6 Å². The molecule has 6 heteroatoms. The number of carbonyl (C=O) groups is 1. The fourth-order valence-corrected chi connectivity index (χ4v) is 2.11. The van der Waals surface area contributed by atoms with Crippen molar-refractivity contribution < 1.29 is 13.9 Å². The lowest BCUT2D eigenvalue weighted by atomic mass is 10.0. The van der Waals surface area contributed by atoms with Gasteiger partial charge in [-0.3, -0.25) is 4.79 Å². The molecule has 2 aromatic carbocycles. The molecular weight excluding hydrogens is 331 g/mol. The van der Waals surface area contributed by atoms with Crippen molar-refractivity contribution in [1.82, 2.24) is 10.6 Å². The zero-order chi connectivity index (χ0) is 16.8. The largest absolute Gasteiger partial charge is 0.497 e. The van der Waals surface area contributed by atoms with Crippen LogP contribution in [-0.2, 0) is 0 Å². The van der Waals surface area contributed by atoms with E-state index in [0.717, 1.165) is 11.3 Å². The molecule has 0 aliphatic carbocycles. The molecule has 2 N–H and O–H groups in total. The lowest BCUT2D eigenvalue weighted by Crippen LogP contribution is -2.37. The van der Waals surface area contributed by atoms with E-state index in [9.17, 15) is 9.18 Å². The van der Waals surface area contributed by atoms with Crippen LogP contribution in [0.25, 0.3) is 11.1 Å². The third kappa shape index (κ3) is 4.94. The van der Waals surface area contributed by atoms with Crippen LogP contribution in [0.15, 0.2) is 42.5 Å². The van der Waals surface area contributed by atoms with Gasteiger partial charge >= 0.3 is 0 Å². The molecule has 0 aromatic heterocycles. The molecule has 1 atom stereocenters. The molecule has 0 radical (unpaired) electrons. The standard InChI is InChI=1S/C18H21FN2O2.ClH/c1-12(20-2)11-21-18(22)16-9-6-14(10-17(16)19)13-4-7-15(23-3)8-5-13;/h4-10,12,20H,11H2,1-3H3,(H,21,22);1H. The molecule has 2 aromatic rings. The second-order valence-electron chi connectivity index (χ2n) is 5.32. The normalized spacial score (nSPS) is 11.3. The monoisotopic (exact) mass is 352 g/mol. The highest BCUT2D eigenvalue weighted by molar-refractivity contribution is 5.95. The van der Waals surface area contributed by atoms with Crippen LogP contribution >= 0.6 is 12.4 Å². The molecule has 0 heterocycles. The topological polar surface area (TPSA) is 50.4 Å². The van der Waals surface area contributed by atoms with Gasteiger partial charge in [-0.1, -0.05) is 18.2 Å². The fourth-order valence-electron chi connectivity index (χ4n) is 2.11. The Morgan fingerprint density at radius 2 is 1.79 bits per heavy atom. The second kappa shape index (κ2) is 9.25. The Morgan fingerprint density at radius 1 is 1.17 bits per heavy atom. The van der Waals surface area contributed by atoms with Gasteiger partial charge in [-0.15, -0.1) is 12.4 Å². The highest BCUT2D eigenvalue weighted by Crippen LogP contribution is 2.24. The predicted molar refractivity (Wildman–Crippen MR) is 96.5 cm³/mol. The summed E-state index contributed by atoms with van der Waals surface area (Å²) in [6.07, 6.45) is 0. The summed E-state index contributed by atoms with van der Waals surface area (Å²) < 4.78 is 19.3. The molecule has 0 aliphatic heterocycles. The van der Waals surface area contributed by atoms with Crippen molar-refractivity contribution in [2.75, 3.05) is 20.7 Å². The minimum Gasteiger partial charge on any atom is -0.497 e. The molecule has 0 saturated heterocycles. The van der Waals surface area contributed by atoms with E-state index in [0.29, 0.717) is 12.1 Å². The number of hydrogen-bond acceptors (Lipinski definition) is 3. The van der Waals surface area contributed by atoms with Crippen molar-refractivity contribution in [2.24, 2.45) is 0 Å². The van der Waals surface area contributed by atoms with Gasteiger partial charge < -0.3 is 15.4 Å². The Kier molecular flexibility index (Phi) is 7.68. The number of methoxy groups -OCH3 is 1. The third-order valence-electron chi connectivity index (χ3n) is 3.70. The minimum absolute atomic E-state index is 0. The lowest BCUT2D eigenvalue weighted by Gasteiger charge is -2.12. The Morgan fingerprint density at radius 3 is 2.33 bits per heavy atom. The summed E-state index contributed by atoms with van der Waals surface area (Å²) >= 11 is 0. The summed E-state index contributed by atoms with van der Waals surface area (Å²) in [7, 11) is 3.40. The van der Waals surface area contributed by atoms with Gasteiger partial charge in [0.15, 0.2) is 0 Å². The number of carbonyl (C=O) groups excluding carboxylic acids is 1. The summed E-state index contributed by atoms with van der Waals surface area (Å²) in [4.78, 5) is 12.0. The van der Waals surface area contributed by atoms with E-state index in [1.54, 1.807) is 20.2 Å². The number of likely N-dealkylation sites (N-methyl/N-ethyl adjacent to an activating group) is 1. The maximum absolute atomic E-state index is 14.2. The van der Waals surface area contributed by atoms with Gasteiger partial charge in [0, 0.05) is 12.6 Å². The van der Waals surface area contributed by atoms with Crippen molar-refractivity contribution in [3.05, 3.63) is 53.8 Å². The number of amides is 1. The van der Waals surface area contributed by atoms with E-state index in [1.165, 1.54) is 12.1 Å². The molecule has 1 amide bonds. The number of benzene rings is 2. The Balaban J connectivity index is 0.00000288. The van der Waals surface area contributed by atoms with Gasteiger partial charge in [-0.2, -0.15) is 0 Å². The van der Waals surface area contributed by atoms with Gasteiger partial charge in [-0.05, 0) is 49.4 Å². The van der Waals surface area contributed by atoms with Gasteiger partial charge in [0.25, 0.3) is 5.91 Å². The SMILES string of the molecule is CNC(C)CNC(=O)c1ccc(-c2ccc(OC)cc2)cc1F.Cl. The molecule has 0 bridgehead atoms. The fraction of sp³-hybridized carbons (Fsp3) is 0.278. The Bertz CT molecular complexity index is 677. The molecular formula is C18H22ClFN2O2. The molecule has 4 nitrogen and oxygen atoms in total. The molecule has 1 unspecified atom stereocenters. The number of rotatable bonds is 6. The predicted octanol–water partition coefficient (Wildman–Crippen LogP) is 3.26. The number of nitrogens with one attached hydrogen (secondary N) is 2. The molecule has 130 valence electrons. The van der Waals surface area contributed by atoms with Crippen LogP contribution in [0.2, 0.25) is 0 Å². The summed E-state index contributed by atoms with van der Waals surface area (Å²) in [5, 5.41) is 5.71. The van der Waals surface area contributed by atoms with E-state index in [-0.39, 0.29) is 24.0 Å². The van der Waals surface area contributed by atoms with E-state index in [4.69, 9.17) is 4.74 Å². The van der Waals surface area contributed by atoms with Crippen molar-refractivity contribution >= 4 is 18.3 Å². The van der Waals surface area contributed by atoms with Gasteiger partial charge in [0.2, 0.25) is 0 Å². The lowest BCUT2D eigenvalue weighted by molar-refractivity contribution is 0.0946. The van der Waals surface area contributed by atoms with Crippen LogP contribution in [0.5, 0.6) is 5.75 Å².